The van der Waals surface area contributed by atoms with E-state index in [2.05, 4.69) is 53.8 Å². The Morgan fingerprint density at radius 1 is 1.24 bits per heavy atom. The van der Waals surface area contributed by atoms with Gasteiger partial charge in [0.05, 0.1) is 6.20 Å². The molecule has 1 aromatic rings. The van der Waals surface area contributed by atoms with Gasteiger partial charge in [-0.2, -0.15) is 5.10 Å². The maximum absolute atomic E-state index is 4.49. The van der Waals surface area contributed by atoms with Gasteiger partial charge in [0.15, 0.2) is 0 Å². The van der Waals surface area contributed by atoms with Crippen LogP contribution in [0.25, 0.3) is 0 Å². The summed E-state index contributed by atoms with van der Waals surface area (Å²) in [6.45, 7) is 5.94. The molecule has 2 fully saturated rings. The SMILES string of the molecule is C[C@@H](C1CCN(Cc2cnn(C)c2C2CC2)CC1)N(C)C. The lowest BCUT2D eigenvalue weighted by molar-refractivity contribution is 0.121. The molecular formula is C17H30N4. The van der Waals surface area contributed by atoms with Gasteiger partial charge in [0, 0.05) is 36.8 Å². The van der Waals surface area contributed by atoms with Crippen molar-refractivity contribution < 1.29 is 0 Å². The summed E-state index contributed by atoms with van der Waals surface area (Å²) in [6.07, 6.45) is 7.48. The highest BCUT2D eigenvalue weighted by Crippen LogP contribution is 2.41. The maximum Gasteiger partial charge on any atom is 0.0537 e. The molecule has 1 aliphatic heterocycles. The lowest BCUT2D eigenvalue weighted by Gasteiger charge is -2.37. The molecule has 3 rings (SSSR count). The van der Waals surface area contributed by atoms with Crippen LogP contribution in [0.1, 0.15) is 49.8 Å². The van der Waals surface area contributed by atoms with Crippen molar-refractivity contribution in [1.29, 1.82) is 0 Å². The van der Waals surface area contributed by atoms with E-state index in [9.17, 15) is 0 Å². The van der Waals surface area contributed by atoms with Gasteiger partial charge in [-0.15, -0.1) is 0 Å². The molecular weight excluding hydrogens is 260 g/mol. The van der Waals surface area contributed by atoms with Gasteiger partial charge in [-0.25, -0.2) is 0 Å². The first-order valence-electron chi connectivity index (χ1n) is 8.45. The van der Waals surface area contributed by atoms with Gasteiger partial charge in [-0.1, -0.05) is 0 Å². The van der Waals surface area contributed by atoms with E-state index in [-0.39, 0.29) is 0 Å². The fraction of sp³-hybridized carbons (Fsp3) is 0.824. The highest BCUT2D eigenvalue weighted by Gasteiger charge is 2.31. The van der Waals surface area contributed by atoms with Crippen molar-refractivity contribution in [3.8, 4) is 0 Å². The molecule has 21 heavy (non-hydrogen) atoms. The second kappa shape index (κ2) is 6.09. The minimum atomic E-state index is 0.701. The number of aromatic nitrogens is 2. The predicted octanol–water partition coefficient (Wildman–Crippen LogP) is 2.46. The van der Waals surface area contributed by atoms with Crippen LogP contribution in [0.15, 0.2) is 6.20 Å². The predicted molar refractivity (Wildman–Crippen MR) is 86.3 cm³/mol. The Morgan fingerprint density at radius 3 is 2.48 bits per heavy atom. The molecule has 4 nitrogen and oxygen atoms in total. The maximum atomic E-state index is 4.49. The van der Waals surface area contributed by atoms with Gasteiger partial charge in [0.2, 0.25) is 0 Å². The summed E-state index contributed by atoms with van der Waals surface area (Å²) in [5.41, 5.74) is 2.97. The highest BCUT2D eigenvalue weighted by atomic mass is 15.3. The molecule has 0 spiro atoms. The Balaban J connectivity index is 1.56. The molecule has 2 heterocycles. The molecule has 0 N–H and O–H groups in total. The van der Waals surface area contributed by atoms with Gasteiger partial charge in [-0.05, 0) is 65.7 Å². The molecule has 1 saturated carbocycles. The van der Waals surface area contributed by atoms with Gasteiger partial charge >= 0.3 is 0 Å². The second-order valence-electron chi connectivity index (χ2n) is 7.27. The van der Waals surface area contributed by atoms with E-state index in [1.165, 1.54) is 50.0 Å². The van der Waals surface area contributed by atoms with Crippen molar-refractivity contribution >= 4 is 0 Å². The minimum absolute atomic E-state index is 0.701. The molecule has 1 saturated heterocycles. The molecule has 1 atom stereocenters. The Kier molecular flexibility index (Phi) is 4.36. The molecule has 0 amide bonds. The molecule has 4 heteroatoms. The van der Waals surface area contributed by atoms with Crippen LogP contribution in [-0.2, 0) is 13.6 Å². The molecule has 1 aromatic heterocycles. The minimum Gasteiger partial charge on any atom is -0.306 e. The number of rotatable bonds is 5. The third-order valence-electron chi connectivity index (χ3n) is 5.55. The van der Waals surface area contributed by atoms with Crippen LogP contribution >= 0.6 is 0 Å². The molecule has 1 aliphatic carbocycles. The van der Waals surface area contributed by atoms with E-state index in [1.807, 2.05) is 0 Å². The summed E-state index contributed by atoms with van der Waals surface area (Å²) in [5.74, 6) is 1.65. The lowest BCUT2D eigenvalue weighted by Crippen LogP contribution is -2.41. The van der Waals surface area contributed by atoms with E-state index in [0.717, 1.165) is 18.4 Å². The number of piperidine rings is 1. The molecule has 0 aromatic carbocycles. The lowest BCUT2D eigenvalue weighted by atomic mass is 9.89. The highest BCUT2D eigenvalue weighted by molar-refractivity contribution is 5.25. The summed E-state index contributed by atoms with van der Waals surface area (Å²) >= 11 is 0. The first-order valence-corrected chi connectivity index (χ1v) is 8.45. The van der Waals surface area contributed by atoms with Crippen LogP contribution in [0.5, 0.6) is 0 Å². The summed E-state index contributed by atoms with van der Waals surface area (Å²) < 4.78 is 2.11. The van der Waals surface area contributed by atoms with Crippen molar-refractivity contribution in [1.82, 2.24) is 19.6 Å². The first-order chi connectivity index (χ1) is 10.1. The van der Waals surface area contributed by atoms with Crippen molar-refractivity contribution in [2.24, 2.45) is 13.0 Å². The zero-order valence-corrected chi connectivity index (χ0v) is 14.0. The molecule has 0 unspecified atom stereocenters. The number of nitrogens with zero attached hydrogens (tertiary/aromatic N) is 4. The molecule has 0 bridgehead atoms. The van der Waals surface area contributed by atoms with Crippen molar-refractivity contribution in [2.45, 2.75) is 51.1 Å². The third kappa shape index (κ3) is 3.32. The molecule has 2 aliphatic rings. The standard InChI is InChI=1S/C17H30N4/c1-13(19(2)3)14-7-9-21(10-8-14)12-16-11-18-20(4)17(16)15-5-6-15/h11,13-15H,5-10,12H2,1-4H3/t13-/m0/s1. The average molecular weight is 290 g/mol. The van der Waals surface area contributed by atoms with Gasteiger partial charge in [0.25, 0.3) is 0 Å². The number of hydrogen-bond donors (Lipinski definition) is 0. The van der Waals surface area contributed by atoms with E-state index in [4.69, 9.17) is 0 Å². The third-order valence-corrected chi connectivity index (χ3v) is 5.55. The van der Waals surface area contributed by atoms with E-state index < -0.39 is 0 Å². The Labute approximate surface area is 129 Å². The summed E-state index contributed by atoms with van der Waals surface area (Å²) in [7, 11) is 6.51. The average Bonchev–Trinajstić information content (AvgIpc) is 3.24. The monoisotopic (exact) mass is 290 g/mol. The summed E-state index contributed by atoms with van der Waals surface area (Å²) in [6, 6.07) is 0.701. The Bertz CT molecular complexity index is 467. The Hall–Kier alpha value is -0.870. The van der Waals surface area contributed by atoms with E-state index >= 15 is 0 Å². The van der Waals surface area contributed by atoms with Gasteiger partial charge in [0.1, 0.15) is 0 Å². The number of hydrogen-bond acceptors (Lipinski definition) is 3. The molecule has 0 radical (unpaired) electrons. The largest absolute Gasteiger partial charge is 0.306 e. The van der Waals surface area contributed by atoms with Crippen LogP contribution in [-0.4, -0.2) is 52.8 Å². The van der Waals surface area contributed by atoms with Crippen LogP contribution < -0.4 is 0 Å². The van der Waals surface area contributed by atoms with Crippen LogP contribution in [0.3, 0.4) is 0 Å². The fourth-order valence-electron chi connectivity index (χ4n) is 3.75. The smallest absolute Gasteiger partial charge is 0.0537 e. The van der Waals surface area contributed by atoms with Crippen LogP contribution in [0, 0.1) is 5.92 Å². The quantitative estimate of drug-likeness (QED) is 0.832. The van der Waals surface area contributed by atoms with Crippen molar-refractivity contribution in [2.75, 3.05) is 27.2 Å². The number of aryl methyl sites for hydroxylation is 1. The van der Waals surface area contributed by atoms with Gasteiger partial charge < -0.3 is 4.90 Å². The normalized spacial score (nSPS) is 22.9. The van der Waals surface area contributed by atoms with E-state index in [1.54, 1.807) is 0 Å². The zero-order chi connectivity index (χ0) is 15.0. The summed E-state index contributed by atoms with van der Waals surface area (Å²) in [4.78, 5) is 4.99. The summed E-state index contributed by atoms with van der Waals surface area (Å²) in [5, 5.41) is 4.49. The molecule has 118 valence electrons. The fourth-order valence-corrected chi connectivity index (χ4v) is 3.75. The van der Waals surface area contributed by atoms with Crippen molar-refractivity contribution in [3.63, 3.8) is 0 Å². The van der Waals surface area contributed by atoms with E-state index in [0.29, 0.717) is 6.04 Å². The van der Waals surface area contributed by atoms with Crippen LogP contribution in [0.2, 0.25) is 0 Å². The Morgan fingerprint density at radius 2 is 1.90 bits per heavy atom. The van der Waals surface area contributed by atoms with Crippen molar-refractivity contribution in [3.05, 3.63) is 17.5 Å². The topological polar surface area (TPSA) is 24.3 Å². The second-order valence-corrected chi connectivity index (χ2v) is 7.27. The first kappa shape index (κ1) is 15.0. The number of likely N-dealkylation sites (tertiary alicyclic amines) is 1. The zero-order valence-electron chi connectivity index (χ0n) is 14.0. The van der Waals surface area contributed by atoms with Crippen LogP contribution in [0.4, 0.5) is 0 Å². The van der Waals surface area contributed by atoms with Gasteiger partial charge in [-0.3, -0.25) is 9.58 Å².